The van der Waals surface area contributed by atoms with Crippen LogP contribution in [0.15, 0.2) is 17.6 Å². The summed E-state index contributed by atoms with van der Waals surface area (Å²) in [4.78, 5) is 15.4. The van der Waals surface area contributed by atoms with Crippen molar-refractivity contribution in [2.75, 3.05) is 29.4 Å². The van der Waals surface area contributed by atoms with E-state index in [1.54, 1.807) is 35.4 Å². The predicted molar refractivity (Wildman–Crippen MR) is 96.2 cm³/mol. The molecule has 0 saturated carbocycles. The van der Waals surface area contributed by atoms with Gasteiger partial charge in [0.15, 0.2) is 0 Å². The van der Waals surface area contributed by atoms with Crippen molar-refractivity contribution < 1.29 is 18.3 Å². The quantitative estimate of drug-likeness (QED) is 0.856. The zero-order valence-corrected chi connectivity index (χ0v) is 15.5. The standard InChI is InChI=1S/C17H20F3N5OS/c1-10-12(26)9-25(10)14-8-13(22-16(23-14)17(18,19)20)24-5-2-11(3-6-24)15-21-4-7-27-15/h4,7-8,10-12,26H,2-3,5-6,9H2,1H3. The summed E-state index contributed by atoms with van der Waals surface area (Å²) in [5.41, 5.74) is 0. The van der Waals surface area contributed by atoms with E-state index in [4.69, 9.17) is 0 Å². The number of aliphatic hydroxyl groups is 1. The van der Waals surface area contributed by atoms with Crippen LogP contribution in [0.4, 0.5) is 24.8 Å². The van der Waals surface area contributed by atoms with Crippen molar-refractivity contribution in [3.8, 4) is 0 Å². The van der Waals surface area contributed by atoms with E-state index in [9.17, 15) is 18.3 Å². The highest BCUT2D eigenvalue weighted by Crippen LogP contribution is 2.35. The van der Waals surface area contributed by atoms with E-state index < -0.39 is 18.1 Å². The Balaban J connectivity index is 1.57. The van der Waals surface area contributed by atoms with Gasteiger partial charge in [-0.3, -0.25) is 0 Å². The predicted octanol–water partition coefficient (Wildman–Crippen LogP) is 2.91. The Kier molecular flexibility index (Phi) is 4.71. The number of β-amino-alcohol motifs (C(OH)–C–C–N with tert-alkyl or cyclic N) is 1. The lowest BCUT2D eigenvalue weighted by atomic mass is 9.97. The lowest BCUT2D eigenvalue weighted by molar-refractivity contribution is -0.144. The molecule has 0 bridgehead atoms. The average molecular weight is 399 g/mol. The number of hydrogen-bond donors (Lipinski definition) is 1. The first-order valence-electron chi connectivity index (χ1n) is 8.88. The van der Waals surface area contributed by atoms with Gasteiger partial charge >= 0.3 is 6.18 Å². The van der Waals surface area contributed by atoms with E-state index in [-0.39, 0.29) is 18.4 Å². The van der Waals surface area contributed by atoms with Gasteiger partial charge in [0.25, 0.3) is 0 Å². The molecule has 2 fully saturated rings. The van der Waals surface area contributed by atoms with E-state index in [1.807, 2.05) is 10.3 Å². The zero-order valence-electron chi connectivity index (χ0n) is 14.7. The molecule has 6 nitrogen and oxygen atoms in total. The molecule has 2 saturated heterocycles. The molecule has 0 aromatic carbocycles. The van der Waals surface area contributed by atoms with E-state index in [0.717, 1.165) is 17.8 Å². The third-order valence-electron chi connectivity index (χ3n) is 5.30. The molecule has 2 aliphatic rings. The Labute approximate surface area is 158 Å². The molecule has 0 radical (unpaired) electrons. The molecule has 146 valence electrons. The molecule has 1 N–H and O–H groups in total. The summed E-state index contributed by atoms with van der Waals surface area (Å²) in [5, 5.41) is 12.7. The highest BCUT2D eigenvalue weighted by Gasteiger charge is 2.40. The van der Waals surface area contributed by atoms with Gasteiger partial charge in [-0.25, -0.2) is 15.0 Å². The summed E-state index contributed by atoms with van der Waals surface area (Å²) >= 11 is 1.62. The number of anilines is 2. The van der Waals surface area contributed by atoms with E-state index in [2.05, 4.69) is 15.0 Å². The number of thiazole rings is 1. The first-order chi connectivity index (χ1) is 12.8. The molecule has 2 aliphatic heterocycles. The van der Waals surface area contributed by atoms with Crippen LogP contribution in [0.3, 0.4) is 0 Å². The maximum atomic E-state index is 13.3. The molecule has 0 aliphatic carbocycles. The Morgan fingerprint density at radius 3 is 2.44 bits per heavy atom. The highest BCUT2D eigenvalue weighted by molar-refractivity contribution is 7.09. The maximum absolute atomic E-state index is 13.3. The van der Waals surface area contributed by atoms with Crippen LogP contribution in [-0.4, -0.2) is 51.8 Å². The fourth-order valence-corrected chi connectivity index (χ4v) is 4.35. The Hall–Kier alpha value is -1.94. The normalized spacial score (nSPS) is 24.2. The fraction of sp³-hybridized carbons (Fsp3) is 0.588. The number of alkyl halides is 3. The average Bonchev–Trinajstić information content (AvgIpc) is 3.19. The molecule has 0 amide bonds. The fourth-order valence-electron chi connectivity index (χ4n) is 3.54. The molecular formula is C17H20F3N5OS. The van der Waals surface area contributed by atoms with Crippen LogP contribution in [0.25, 0.3) is 0 Å². The van der Waals surface area contributed by atoms with Crippen LogP contribution in [0.2, 0.25) is 0 Å². The van der Waals surface area contributed by atoms with Gasteiger partial charge in [0.1, 0.15) is 11.6 Å². The zero-order chi connectivity index (χ0) is 19.2. The third kappa shape index (κ3) is 3.60. The minimum Gasteiger partial charge on any atom is -0.389 e. The van der Waals surface area contributed by atoms with Gasteiger partial charge in [-0.05, 0) is 19.8 Å². The van der Waals surface area contributed by atoms with Crippen molar-refractivity contribution in [3.05, 3.63) is 28.5 Å². The topological polar surface area (TPSA) is 65.4 Å². The van der Waals surface area contributed by atoms with Crippen LogP contribution in [0, 0.1) is 0 Å². The monoisotopic (exact) mass is 399 g/mol. The molecule has 2 unspecified atom stereocenters. The van der Waals surface area contributed by atoms with E-state index in [1.165, 1.54) is 0 Å². The second kappa shape index (κ2) is 6.90. The van der Waals surface area contributed by atoms with Crippen LogP contribution in [-0.2, 0) is 6.18 Å². The van der Waals surface area contributed by atoms with Gasteiger partial charge in [-0.1, -0.05) is 0 Å². The molecule has 10 heteroatoms. The third-order valence-corrected chi connectivity index (χ3v) is 6.24. The van der Waals surface area contributed by atoms with Crippen molar-refractivity contribution in [2.45, 2.75) is 44.0 Å². The first kappa shape index (κ1) is 18.4. The number of rotatable bonds is 3. The van der Waals surface area contributed by atoms with Crippen LogP contribution < -0.4 is 9.80 Å². The first-order valence-corrected chi connectivity index (χ1v) is 9.76. The van der Waals surface area contributed by atoms with Crippen LogP contribution in [0.1, 0.15) is 36.5 Å². The van der Waals surface area contributed by atoms with Crippen molar-refractivity contribution in [3.63, 3.8) is 0 Å². The van der Waals surface area contributed by atoms with Gasteiger partial charge in [0.2, 0.25) is 5.82 Å². The lowest BCUT2D eigenvalue weighted by Gasteiger charge is -2.44. The van der Waals surface area contributed by atoms with Crippen molar-refractivity contribution in [1.82, 2.24) is 15.0 Å². The molecular weight excluding hydrogens is 379 g/mol. The summed E-state index contributed by atoms with van der Waals surface area (Å²) in [7, 11) is 0. The summed E-state index contributed by atoms with van der Waals surface area (Å²) in [6.45, 7) is 3.29. The minimum absolute atomic E-state index is 0.215. The summed E-state index contributed by atoms with van der Waals surface area (Å²) in [6.07, 6.45) is -1.73. The Morgan fingerprint density at radius 1 is 1.19 bits per heavy atom. The number of piperidine rings is 1. The number of aliphatic hydroxyl groups excluding tert-OH is 1. The molecule has 4 rings (SSSR count). The SMILES string of the molecule is CC1C(O)CN1c1cc(N2CCC(c3nccs3)CC2)nc(C(F)(F)F)n1. The summed E-state index contributed by atoms with van der Waals surface area (Å²) < 4.78 is 39.9. The number of hydrogen-bond acceptors (Lipinski definition) is 7. The second-order valence-corrected chi connectivity index (χ2v) is 7.92. The van der Waals surface area contributed by atoms with Crippen molar-refractivity contribution in [1.29, 1.82) is 0 Å². The summed E-state index contributed by atoms with van der Waals surface area (Å²) in [5.74, 6) is -0.286. The number of halogens is 3. The molecule has 27 heavy (non-hydrogen) atoms. The van der Waals surface area contributed by atoms with Crippen molar-refractivity contribution in [2.24, 2.45) is 0 Å². The van der Waals surface area contributed by atoms with Gasteiger partial charge < -0.3 is 14.9 Å². The molecule has 2 atom stereocenters. The largest absolute Gasteiger partial charge is 0.451 e. The van der Waals surface area contributed by atoms with Gasteiger partial charge in [-0.15, -0.1) is 11.3 Å². The van der Waals surface area contributed by atoms with Gasteiger partial charge in [-0.2, -0.15) is 13.2 Å². The Morgan fingerprint density at radius 2 is 1.89 bits per heavy atom. The smallest absolute Gasteiger partial charge is 0.389 e. The Bertz CT molecular complexity index is 792. The molecule has 2 aromatic rings. The number of nitrogens with zero attached hydrogens (tertiary/aromatic N) is 5. The van der Waals surface area contributed by atoms with Crippen molar-refractivity contribution >= 4 is 23.0 Å². The molecule has 0 spiro atoms. The second-order valence-electron chi connectivity index (χ2n) is 7.00. The van der Waals surface area contributed by atoms with E-state index in [0.29, 0.717) is 24.8 Å². The summed E-state index contributed by atoms with van der Waals surface area (Å²) in [6, 6.07) is 1.34. The highest BCUT2D eigenvalue weighted by atomic mass is 32.1. The minimum atomic E-state index is -4.61. The maximum Gasteiger partial charge on any atom is 0.451 e. The van der Waals surface area contributed by atoms with Gasteiger partial charge in [0, 0.05) is 43.2 Å². The molecule has 2 aromatic heterocycles. The van der Waals surface area contributed by atoms with E-state index >= 15 is 0 Å². The van der Waals surface area contributed by atoms with Crippen LogP contribution >= 0.6 is 11.3 Å². The lowest BCUT2D eigenvalue weighted by Crippen LogP contribution is -2.59. The number of aromatic nitrogens is 3. The van der Waals surface area contributed by atoms with Gasteiger partial charge in [0.05, 0.1) is 17.2 Å². The van der Waals surface area contributed by atoms with Crippen LogP contribution in [0.5, 0.6) is 0 Å². The molecule has 4 heterocycles.